The number of amides is 4. The second-order valence-electron chi connectivity index (χ2n) is 10.6. The molecule has 0 aromatic rings. The molecule has 31 heavy (non-hydrogen) atoms. The van der Waals surface area contributed by atoms with Gasteiger partial charge in [-0.1, -0.05) is 40.5 Å². The van der Waals surface area contributed by atoms with Gasteiger partial charge in [0, 0.05) is 6.04 Å². The molecule has 1 saturated heterocycles. The van der Waals surface area contributed by atoms with E-state index in [-0.39, 0.29) is 23.3 Å². The Kier molecular flexibility index (Phi) is 6.96. The summed E-state index contributed by atoms with van der Waals surface area (Å²) >= 11 is 0. The molecule has 0 bridgehead atoms. The number of hydrogen-bond donors (Lipinski definition) is 2. The van der Waals surface area contributed by atoms with Crippen LogP contribution >= 0.6 is 0 Å². The number of carbonyl (C=O) groups excluding carboxylic acids is 4. The van der Waals surface area contributed by atoms with Crippen molar-refractivity contribution >= 4 is 23.8 Å². The largest absolute Gasteiger partial charge is 0.454 e. The van der Waals surface area contributed by atoms with Gasteiger partial charge in [-0.15, -0.1) is 0 Å². The maximum Gasteiger partial charge on any atom is 0.326 e. The number of carbonyl (C=O) groups is 4. The summed E-state index contributed by atoms with van der Waals surface area (Å²) < 4.78 is 5.05. The van der Waals surface area contributed by atoms with E-state index in [2.05, 4.69) is 38.3 Å². The van der Waals surface area contributed by atoms with Crippen LogP contribution in [0.25, 0.3) is 0 Å². The van der Waals surface area contributed by atoms with Gasteiger partial charge in [0.25, 0.3) is 11.8 Å². The predicted molar refractivity (Wildman–Crippen MR) is 115 cm³/mol. The normalized spacial score (nSPS) is 31.5. The number of imide groups is 1. The van der Waals surface area contributed by atoms with Gasteiger partial charge in [0.1, 0.15) is 12.1 Å². The molecule has 8 nitrogen and oxygen atoms in total. The van der Waals surface area contributed by atoms with Crippen LogP contribution in [0.3, 0.4) is 0 Å². The highest BCUT2D eigenvalue weighted by molar-refractivity contribution is 6.08. The first kappa shape index (κ1) is 23.5. The lowest BCUT2D eigenvalue weighted by molar-refractivity contribution is -0.151. The highest BCUT2D eigenvalue weighted by atomic mass is 16.5. The third-order valence-electron chi connectivity index (χ3n) is 7.42. The Bertz CT molecular complexity index is 721. The molecule has 0 aromatic heterocycles. The van der Waals surface area contributed by atoms with Crippen LogP contribution in [-0.4, -0.2) is 53.4 Å². The molecule has 0 unspecified atom stereocenters. The molecular weight excluding hydrogens is 398 g/mol. The molecule has 0 aromatic carbocycles. The first-order valence-corrected chi connectivity index (χ1v) is 11.6. The van der Waals surface area contributed by atoms with Crippen molar-refractivity contribution in [3.05, 3.63) is 0 Å². The van der Waals surface area contributed by atoms with Gasteiger partial charge in [-0.2, -0.15) is 0 Å². The summed E-state index contributed by atoms with van der Waals surface area (Å²) in [5.41, 5.74) is -0.750. The van der Waals surface area contributed by atoms with E-state index in [0.29, 0.717) is 24.7 Å². The average Bonchev–Trinajstić information content (AvgIpc) is 2.92. The molecule has 3 aliphatic rings. The van der Waals surface area contributed by atoms with Crippen LogP contribution in [0.15, 0.2) is 0 Å². The van der Waals surface area contributed by atoms with Gasteiger partial charge >= 0.3 is 12.0 Å². The first-order chi connectivity index (χ1) is 14.5. The number of esters is 1. The summed E-state index contributed by atoms with van der Waals surface area (Å²) in [4.78, 5) is 50.7. The Hall–Kier alpha value is -2.12. The molecule has 3 rings (SSSR count). The third kappa shape index (κ3) is 5.39. The monoisotopic (exact) mass is 435 g/mol. The van der Waals surface area contributed by atoms with Crippen LogP contribution < -0.4 is 10.6 Å². The molecule has 1 heterocycles. The van der Waals surface area contributed by atoms with E-state index in [1.54, 1.807) is 0 Å². The fraction of sp³-hybridized carbons (Fsp3) is 0.826. The highest BCUT2D eigenvalue weighted by Gasteiger charge is 2.53. The summed E-state index contributed by atoms with van der Waals surface area (Å²) in [5.74, 6) is -0.560. The smallest absolute Gasteiger partial charge is 0.326 e. The molecule has 3 fully saturated rings. The van der Waals surface area contributed by atoms with Crippen molar-refractivity contribution < 1.29 is 23.9 Å². The molecule has 2 N–H and O–H groups in total. The first-order valence-electron chi connectivity index (χ1n) is 11.6. The molecule has 0 radical (unpaired) electrons. The van der Waals surface area contributed by atoms with Crippen LogP contribution in [0.4, 0.5) is 4.79 Å². The lowest BCUT2D eigenvalue weighted by atomic mass is 9.67. The lowest BCUT2D eigenvalue weighted by Crippen LogP contribution is -2.50. The van der Waals surface area contributed by atoms with Crippen molar-refractivity contribution in [1.29, 1.82) is 0 Å². The lowest BCUT2D eigenvalue weighted by Gasteiger charge is -2.40. The minimum atomic E-state index is -0.909. The Morgan fingerprint density at radius 1 is 1.13 bits per heavy atom. The van der Waals surface area contributed by atoms with E-state index < -0.39 is 30.7 Å². The van der Waals surface area contributed by atoms with Crippen LogP contribution in [0.5, 0.6) is 0 Å². The number of hydrogen-bond acceptors (Lipinski definition) is 5. The van der Waals surface area contributed by atoms with E-state index >= 15 is 0 Å². The van der Waals surface area contributed by atoms with Gasteiger partial charge in [-0.25, -0.2) is 4.79 Å². The molecule has 8 heteroatoms. The number of urea groups is 1. The fourth-order valence-electron chi connectivity index (χ4n) is 5.24. The molecule has 2 atom stereocenters. The van der Waals surface area contributed by atoms with Gasteiger partial charge in [0.05, 0.1) is 0 Å². The summed E-state index contributed by atoms with van der Waals surface area (Å²) in [6, 6.07) is -0.453. The van der Waals surface area contributed by atoms with Gasteiger partial charge in [-0.05, 0) is 55.8 Å². The summed E-state index contributed by atoms with van der Waals surface area (Å²) in [6.07, 6.45) is 7.13. The van der Waals surface area contributed by atoms with Crippen LogP contribution in [-0.2, 0) is 19.1 Å². The number of nitrogens with zero attached hydrogens (tertiary/aromatic N) is 1. The standard InChI is InChI=1S/C23H37N3O5/c1-15-7-5-6-8-17(15)24-18(27)14-31-19(28)13-26-20(29)23(25-21(26)30)11-9-16(10-12-23)22(2,3)4/h15-17H,5-14H2,1-4H3,(H,24,27)(H,25,30)/t15-,16?,17+,23?/m0/s1. The van der Waals surface area contributed by atoms with E-state index in [4.69, 9.17) is 4.74 Å². The quantitative estimate of drug-likeness (QED) is 0.510. The zero-order valence-electron chi connectivity index (χ0n) is 19.3. The van der Waals surface area contributed by atoms with Crippen LogP contribution in [0.2, 0.25) is 0 Å². The van der Waals surface area contributed by atoms with Gasteiger partial charge in [0.2, 0.25) is 0 Å². The molecule has 1 spiro atoms. The second-order valence-corrected chi connectivity index (χ2v) is 10.6. The second kappa shape index (κ2) is 9.17. The van der Waals surface area contributed by atoms with E-state index in [0.717, 1.165) is 37.0 Å². The van der Waals surface area contributed by atoms with Crippen molar-refractivity contribution in [2.45, 2.75) is 90.6 Å². The predicted octanol–water partition coefficient (Wildman–Crippen LogP) is 2.75. The molecule has 2 aliphatic carbocycles. The van der Waals surface area contributed by atoms with Crippen molar-refractivity contribution in [3.63, 3.8) is 0 Å². The average molecular weight is 436 g/mol. The Labute approximate surface area is 184 Å². The van der Waals surface area contributed by atoms with Crippen molar-refractivity contribution in [3.8, 4) is 0 Å². The van der Waals surface area contributed by atoms with Crippen molar-refractivity contribution in [1.82, 2.24) is 15.5 Å². The topological polar surface area (TPSA) is 105 Å². The summed E-state index contributed by atoms with van der Waals surface area (Å²) in [7, 11) is 0. The van der Waals surface area contributed by atoms with E-state index in [1.165, 1.54) is 6.42 Å². The minimum absolute atomic E-state index is 0.106. The highest BCUT2D eigenvalue weighted by Crippen LogP contribution is 2.43. The van der Waals surface area contributed by atoms with Gasteiger partial charge in [-0.3, -0.25) is 19.3 Å². The summed E-state index contributed by atoms with van der Waals surface area (Å²) in [5, 5.41) is 5.74. The molecule has 2 saturated carbocycles. The fourth-order valence-corrected chi connectivity index (χ4v) is 5.24. The Balaban J connectivity index is 1.47. The molecule has 1 aliphatic heterocycles. The van der Waals surface area contributed by atoms with Crippen molar-refractivity contribution in [2.24, 2.45) is 17.3 Å². The molecule has 4 amide bonds. The number of rotatable bonds is 5. The van der Waals surface area contributed by atoms with Crippen molar-refractivity contribution in [2.75, 3.05) is 13.2 Å². The Morgan fingerprint density at radius 3 is 2.39 bits per heavy atom. The summed E-state index contributed by atoms with van der Waals surface area (Å²) in [6.45, 7) is 7.82. The third-order valence-corrected chi connectivity index (χ3v) is 7.42. The van der Waals surface area contributed by atoms with Gasteiger partial charge < -0.3 is 15.4 Å². The van der Waals surface area contributed by atoms with Gasteiger partial charge in [0.15, 0.2) is 6.61 Å². The number of nitrogens with one attached hydrogen (secondary N) is 2. The Morgan fingerprint density at radius 2 is 1.77 bits per heavy atom. The maximum atomic E-state index is 13.0. The zero-order valence-corrected chi connectivity index (χ0v) is 19.3. The van der Waals surface area contributed by atoms with Crippen LogP contribution in [0, 0.1) is 17.3 Å². The van der Waals surface area contributed by atoms with Crippen LogP contribution in [0.1, 0.15) is 79.1 Å². The number of ether oxygens (including phenoxy) is 1. The maximum absolute atomic E-state index is 13.0. The zero-order chi connectivity index (χ0) is 22.8. The van der Waals surface area contributed by atoms with E-state index in [1.807, 2.05) is 0 Å². The SMILES string of the molecule is C[C@H]1CCCC[C@H]1NC(=O)COC(=O)CN1C(=O)NC2(CCC(C(C)(C)C)CC2)C1=O. The minimum Gasteiger partial charge on any atom is -0.454 e. The molecule has 174 valence electrons. The van der Waals surface area contributed by atoms with E-state index in [9.17, 15) is 19.2 Å². The molecular formula is C23H37N3O5.